The van der Waals surface area contributed by atoms with Crippen LogP contribution >= 0.6 is 0 Å². The van der Waals surface area contributed by atoms with Gasteiger partial charge in [0.1, 0.15) is 0 Å². The van der Waals surface area contributed by atoms with E-state index in [2.05, 4.69) is 10.6 Å². The van der Waals surface area contributed by atoms with Gasteiger partial charge in [-0.15, -0.1) is 0 Å². The van der Waals surface area contributed by atoms with Crippen molar-refractivity contribution in [3.63, 3.8) is 0 Å². The number of rotatable bonds is 7. The molecule has 1 aromatic rings. The Hall–Kier alpha value is -2.37. The summed E-state index contributed by atoms with van der Waals surface area (Å²) in [7, 11) is 0. The SMILES string of the molecule is CCC(C)NC(=O)c1cccc(CNC(=O)C2CCC(C(=O)O)CC2)c1. The van der Waals surface area contributed by atoms with Crippen molar-refractivity contribution in [2.45, 2.75) is 58.5 Å². The predicted octanol–water partition coefficient (Wildman–Crippen LogP) is 2.72. The zero-order chi connectivity index (χ0) is 19.1. The number of carbonyl (C=O) groups excluding carboxylic acids is 2. The maximum Gasteiger partial charge on any atom is 0.306 e. The van der Waals surface area contributed by atoms with Gasteiger partial charge in [0, 0.05) is 24.1 Å². The van der Waals surface area contributed by atoms with E-state index in [0.717, 1.165) is 12.0 Å². The van der Waals surface area contributed by atoms with Gasteiger partial charge < -0.3 is 15.7 Å². The van der Waals surface area contributed by atoms with Crippen LogP contribution in [0.1, 0.15) is 61.9 Å². The summed E-state index contributed by atoms with van der Waals surface area (Å²) in [5.41, 5.74) is 1.45. The summed E-state index contributed by atoms with van der Waals surface area (Å²) >= 11 is 0. The third kappa shape index (κ3) is 5.58. The summed E-state index contributed by atoms with van der Waals surface area (Å²) in [6.45, 7) is 4.34. The number of hydrogen-bond acceptors (Lipinski definition) is 3. The molecule has 1 saturated carbocycles. The minimum atomic E-state index is -0.767. The summed E-state index contributed by atoms with van der Waals surface area (Å²) < 4.78 is 0. The van der Waals surface area contributed by atoms with E-state index in [0.29, 0.717) is 37.8 Å². The van der Waals surface area contributed by atoms with Gasteiger partial charge in [0.15, 0.2) is 0 Å². The molecule has 142 valence electrons. The van der Waals surface area contributed by atoms with E-state index in [4.69, 9.17) is 5.11 Å². The topological polar surface area (TPSA) is 95.5 Å². The highest BCUT2D eigenvalue weighted by Gasteiger charge is 2.29. The minimum absolute atomic E-state index is 0.0386. The molecule has 0 heterocycles. The van der Waals surface area contributed by atoms with Crippen molar-refractivity contribution in [3.8, 4) is 0 Å². The Morgan fingerprint density at radius 3 is 2.42 bits per heavy atom. The summed E-state index contributed by atoms with van der Waals surface area (Å²) in [6, 6.07) is 7.36. The fraction of sp³-hybridized carbons (Fsp3) is 0.550. The molecule has 1 aliphatic rings. The fourth-order valence-electron chi connectivity index (χ4n) is 3.17. The molecule has 2 amide bonds. The summed E-state index contributed by atoms with van der Waals surface area (Å²) in [5, 5.41) is 14.9. The molecule has 6 nitrogen and oxygen atoms in total. The van der Waals surface area contributed by atoms with E-state index in [1.165, 1.54) is 0 Å². The van der Waals surface area contributed by atoms with E-state index in [-0.39, 0.29) is 29.7 Å². The zero-order valence-electron chi connectivity index (χ0n) is 15.5. The van der Waals surface area contributed by atoms with Gasteiger partial charge in [0.2, 0.25) is 5.91 Å². The normalized spacial score (nSPS) is 20.8. The molecule has 2 rings (SSSR count). The zero-order valence-corrected chi connectivity index (χ0v) is 15.5. The average molecular weight is 360 g/mol. The smallest absolute Gasteiger partial charge is 0.306 e. The van der Waals surface area contributed by atoms with Crippen LogP contribution in [-0.4, -0.2) is 28.9 Å². The van der Waals surface area contributed by atoms with Crippen LogP contribution in [0.4, 0.5) is 0 Å². The second-order valence-electron chi connectivity index (χ2n) is 7.09. The average Bonchev–Trinajstić information content (AvgIpc) is 2.66. The Morgan fingerprint density at radius 2 is 1.81 bits per heavy atom. The maximum absolute atomic E-state index is 12.3. The minimum Gasteiger partial charge on any atom is -0.481 e. The molecule has 1 unspecified atom stereocenters. The number of amides is 2. The summed E-state index contributed by atoms with van der Waals surface area (Å²) in [5.74, 6) is -1.36. The van der Waals surface area contributed by atoms with Crippen LogP contribution in [0.2, 0.25) is 0 Å². The molecule has 0 radical (unpaired) electrons. The number of benzene rings is 1. The lowest BCUT2D eigenvalue weighted by molar-refractivity contribution is -0.144. The molecule has 0 saturated heterocycles. The largest absolute Gasteiger partial charge is 0.481 e. The summed E-state index contributed by atoms with van der Waals surface area (Å²) in [4.78, 5) is 35.5. The Morgan fingerprint density at radius 1 is 1.15 bits per heavy atom. The van der Waals surface area contributed by atoms with E-state index >= 15 is 0 Å². The number of carboxylic acids is 1. The molecule has 6 heteroatoms. The van der Waals surface area contributed by atoms with Crippen LogP contribution in [0.5, 0.6) is 0 Å². The fourth-order valence-corrected chi connectivity index (χ4v) is 3.17. The molecular weight excluding hydrogens is 332 g/mol. The van der Waals surface area contributed by atoms with Gasteiger partial charge in [-0.25, -0.2) is 0 Å². The predicted molar refractivity (Wildman–Crippen MR) is 98.6 cm³/mol. The lowest BCUT2D eigenvalue weighted by atomic mass is 9.81. The third-order valence-electron chi connectivity index (χ3n) is 5.09. The quantitative estimate of drug-likeness (QED) is 0.697. The Kier molecular flexibility index (Phi) is 7.18. The molecule has 3 N–H and O–H groups in total. The molecule has 0 aliphatic heterocycles. The highest BCUT2D eigenvalue weighted by atomic mass is 16.4. The van der Waals surface area contributed by atoms with E-state index < -0.39 is 5.97 Å². The third-order valence-corrected chi connectivity index (χ3v) is 5.09. The number of carbonyl (C=O) groups is 3. The lowest BCUT2D eigenvalue weighted by Crippen LogP contribution is -2.34. The number of nitrogens with one attached hydrogen (secondary N) is 2. The molecular formula is C20H28N2O4. The second kappa shape index (κ2) is 9.36. The molecule has 26 heavy (non-hydrogen) atoms. The number of carboxylic acid groups (broad SMARTS) is 1. The Balaban J connectivity index is 1.86. The molecule has 1 aromatic carbocycles. The standard InChI is InChI=1S/C20H28N2O4/c1-3-13(2)22-19(24)17-6-4-5-14(11-17)12-21-18(23)15-7-9-16(10-8-15)20(25)26/h4-6,11,13,15-16H,3,7-10,12H2,1-2H3,(H,21,23)(H,22,24)(H,25,26). The van der Waals surface area contributed by atoms with Crippen LogP contribution in [0.15, 0.2) is 24.3 Å². The Labute approximate surface area is 154 Å². The highest BCUT2D eigenvalue weighted by Crippen LogP contribution is 2.29. The first kappa shape index (κ1) is 19.9. The van der Waals surface area contributed by atoms with Crippen LogP contribution in [0.25, 0.3) is 0 Å². The summed E-state index contributed by atoms with van der Waals surface area (Å²) in [6.07, 6.45) is 3.20. The number of aliphatic carboxylic acids is 1. The molecule has 1 aliphatic carbocycles. The monoisotopic (exact) mass is 360 g/mol. The lowest BCUT2D eigenvalue weighted by Gasteiger charge is -2.25. The first-order chi connectivity index (χ1) is 12.4. The van der Waals surface area contributed by atoms with Crippen molar-refractivity contribution < 1.29 is 19.5 Å². The second-order valence-corrected chi connectivity index (χ2v) is 7.09. The van der Waals surface area contributed by atoms with Gasteiger partial charge in [-0.1, -0.05) is 19.1 Å². The van der Waals surface area contributed by atoms with E-state index in [1.54, 1.807) is 12.1 Å². The van der Waals surface area contributed by atoms with Gasteiger partial charge in [-0.2, -0.15) is 0 Å². The first-order valence-electron chi connectivity index (χ1n) is 9.31. The van der Waals surface area contributed by atoms with Crippen molar-refractivity contribution in [1.82, 2.24) is 10.6 Å². The van der Waals surface area contributed by atoms with Gasteiger partial charge in [-0.3, -0.25) is 14.4 Å². The van der Waals surface area contributed by atoms with Gasteiger partial charge in [0.25, 0.3) is 5.91 Å². The molecule has 1 atom stereocenters. The van der Waals surface area contributed by atoms with Crippen molar-refractivity contribution in [2.24, 2.45) is 11.8 Å². The van der Waals surface area contributed by atoms with Gasteiger partial charge in [-0.05, 0) is 56.7 Å². The van der Waals surface area contributed by atoms with Crippen molar-refractivity contribution in [2.75, 3.05) is 0 Å². The molecule has 1 fully saturated rings. The van der Waals surface area contributed by atoms with Crippen molar-refractivity contribution in [1.29, 1.82) is 0 Å². The van der Waals surface area contributed by atoms with Crippen molar-refractivity contribution >= 4 is 17.8 Å². The number of hydrogen-bond donors (Lipinski definition) is 3. The van der Waals surface area contributed by atoms with Crippen LogP contribution < -0.4 is 10.6 Å². The maximum atomic E-state index is 12.3. The van der Waals surface area contributed by atoms with E-state index in [1.807, 2.05) is 26.0 Å². The Bertz CT molecular complexity index is 651. The molecule has 0 spiro atoms. The highest BCUT2D eigenvalue weighted by molar-refractivity contribution is 5.94. The molecule has 0 aromatic heterocycles. The van der Waals surface area contributed by atoms with Gasteiger partial charge >= 0.3 is 5.97 Å². The van der Waals surface area contributed by atoms with Crippen LogP contribution in [0.3, 0.4) is 0 Å². The van der Waals surface area contributed by atoms with E-state index in [9.17, 15) is 14.4 Å². The first-order valence-corrected chi connectivity index (χ1v) is 9.31. The van der Waals surface area contributed by atoms with Crippen molar-refractivity contribution in [3.05, 3.63) is 35.4 Å². The molecule has 0 bridgehead atoms. The van der Waals surface area contributed by atoms with Crippen LogP contribution in [-0.2, 0) is 16.1 Å². The van der Waals surface area contributed by atoms with Gasteiger partial charge in [0.05, 0.1) is 5.92 Å². The van der Waals surface area contributed by atoms with Crippen LogP contribution in [0, 0.1) is 11.8 Å².